The maximum Gasteiger partial charge on any atom is 0.237 e. The molecule has 1 aliphatic carbocycles. The van der Waals surface area contributed by atoms with Crippen LogP contribution in [-0.4, -0.2) is 40.7 Å². The highest BCUT2D eigenvalue weighted by Crippen LogP contribution is 2.42. The van der Waals surface area contributed by atoms with Gasteiger partial charge in [0.1, 0.15) is 0 Å². The van der Waals surface area contributed by atoms with E-state index < -0.39 is 0 Å². The molecule has 116 valence electrons. The molecule has 1 aromatic rings. The summed E-state index contributed by atoms with van der Waals surface area (Å²) in [4.78, 5) is 19.8. The third kappa shape index (κ3) is 2.58. The Kier molecular flexibility index (Phi) is 3.75. The molecule has 1 aromatic heterocycles. The van der Waals surface area contributed by atoms with Crippen molar-refractivity contribution in [2.75, 3.05) is 6.61 Å². The number of fused-ring (bicyclic) bond motifs is 1. The van der Waals surface area contributed by atoms with Crippen LogP contribution in [-0.2, 0) is 22.5 Å². The van der Waals surface area contributed by atoms with Crippen LogP contribution in [0.25, 0.3) is 0 Å². The van der Waals surface area contributed by atoms with Crippen LogP contribution in [0.2, 0.25) is 0 Å². The van der Waals surface area contributed by atoms with Gasteiger partial charge in [-0.1, -0.05) is 13.8 Å². The van der Waals surface area contributed by atoms with Crippen molar-refractivity contribution >= 4 is 5.91 Å². The Morgan fingerprint density at radius 1 is 1.57 bits per heavy atom. The second-order valence-corrected chi connectivity index (χ2v) is 6.53. The highest BCUT2D eigenvalue weighted by atomic mass is 16.5. The van der Waals surface area contributed by atoms with Gasteiger partial charge in [-0.05, 0) is 13.3 Å². The molecule has 6 nitrogen and oxygen atoms in total. The predicted molar refractivity (Wildman–Crippen MR) is 78.7 cm³/mol. The molecule has 0 spiro atoms. The van der Waals surface area contributed by atoms with E-state index in [1.165, 1.54) is 0 Å². The molecule has 2 aliphatic rings. The standard InChI is InChI=1S/C15H24N4O2/c1-4-21-13-6-12(15(13,2)3)19-14(20)10-5-9-11(7-16-10)18-8-17-9/h8,10,12-13,16H,4-7H2,1-3H3,(H,17,18)(H,19,20). The first-order valence-electron chi connectivity index (χ1n) is 7.68. The van der Waals surface area contributed by atoms with Gasteiger partial charge in [0.05, 0.1) is 29.9 Å². The fourth-order valence-electron chi connectivity index (χ4n) is 3.24. The fraction of sp³-hybridized carbons (Fsp3) is 0.733. The van der Waals surface area contributed by atoms with E-state index in [0.29, 0.717) is 13.0 Å². The molecule has 1 aliphatic heterocycles. The molecule has 3 unspecified atom stereocenters. The molecule has 1 fully saturated rings. The summed E-state index contributed by atoms with van der Waals surface area (Å²) in [5, 5.41) is 6.43. The van der Waals surface area contributed by atoms with E-state index in [-0.39, 0.29) is 29.5 Å². The van der Waals surface area contributed by atoms with Gasteiger partial charge in [0.15, 0.2) is 0 Å². The SMILES string of the molecule is CCOC1CC(NC(=O)C2Cc3nc[nH]c3CN2)C1(C)C. The van der Waals surface area contributed by atoms with Crippen molar-refractivity contribution in [3.05, 3.63) is 17.7 Å². The van der Waals surface area contributed by atoms with Crippen molar-refractivity contribution in [1.82, 2.24) is 20.6 Å². The van der Waals surface area contributed by atoms with E-state index in [1.807, 2.05) is 6.92 Å². The number of nitrogens with one attached hydrogen (secondary N) is 3. The maximum absolute atomic E-state index is 12.4. The zero-order chi connectivity index (χ0) is 15.0. The van der Waals surface area contributed by atoms with E-state index >= 15 is 0 Å². The molecule has 3 atom stereocenters. The molecule has 0 bridgehead atoms. The molecule has 0 aromatic carbocycles. The molecule has 3 N–H and O–H groups in total. The van der Waals surface area contributed by atoms with Gasteiger partial charge in [0.2, 0.25) is 5.91 Å². The molecular formula is C15H24N4O2. The Morgan fingerprint density at radius 2 is 2.38 bits per heavy atom. The van der Waals surface area contributed by atoms with E-state index in [4.69, 9.17) is 4.74 Å². The smallest absolute Gasteiger partial charge is 0.237 e. The highest BCUT2D eigenvalue weighted by Gasteiger charge is 2.50. The minimum atomic E-state index is -0.192. The van der Waals surface area contributed by atoms with Gasteiger partial charge in [0, 0.05) is 31.0 Å². The summed E-state index contributed by atoms with van der Waals surface area (Å²) >= 11 is 0. The van der Waals surface area contributed by atoms with E-state index in [1.54, 1.807) is 6.33 Å². The number of carbonyl (C=O) groups excluding carboxylic acids is 1. The Morgan fingerprint density at radius 3 is 3.10 bits per heavy atom. The molecule has 0 saturated heterocycles. The van der Waals surface area contributed by atoms with E-state index in [2.05, 4.69) is 34.4 Å². The number of carbonyl (C=O) groups is 1. The predicted octanol–water partition coefficient (Wildman–Crippen LogP) is 0.744. The summed E-state index contributed by atoms with van der Waals surface area (Å²) in [5.41, 5.74) is 2.08. The minimum absolute atomic E-state index is 0.00215. The molecule has 1 amide bonds. The van der Waals surface area contributed by atoms with E-state index in [9.17, 15) is 4.79 Å². The normalized spacial score (nSPS) is 30.3. The summed E-state index contributed by atoms with van der Waals surface area (Å²) in [6.07, 6.45) is 3.47. The number of nitrogens with zero attached hydrogens (tertiary/aromatic N) is 1. The monoisotopic (exact) mass is 292 g/mol. The third-order valence-corrected chi connectivity index (χ3v) is 4.91. The zero-order valence-corrected chi connectivity index (χ0v) is 12.9. The summed E-state index contributed by atoms with van der Waals surface area (Å²) in [7, 11) is 0. The number of aromatic amines is 1. The lowest BCUT2D eigenvalue weighted by Gasteiger charge is -2.51. The lowest BCUT2D eigenvalue weighted by molar-refractivity contribution is -0.138. The van der Waals surface area contributed by atoms with E-state index in [0.717, 1.165) is 24.4 Å². The number of aromatic nitrogens is 2. The first-order valence-corrected chi connectivity index (χ1v) is 7.68. The van der Waals surface area contributed by atoms with Gasteiger partial charge in [0.25, 0.3) is 0 Å². The van der Waals surface area contributed by atoms with Crippen LogP contribution in [0.5, 0.6) is 0 Å². The number of rotatable bonds is 4. The largest absolute Gasteiger partial charge is 0.378 e. The van der Waals surface area contributed by atoms with Crippen LogP contribution in [0.4, 0.5) is 0 Å². The lowest BCUT2D eigenvalue weighted by atomic mass is 9.64. The summed E-state index contributed by atoms with van der Waals surface area (Å²) in [5.74, 6) is 0.0664. The lowest BCUT2D eigenvalue weighted by Crippen LogP contribution is -2.64. The highest BCUT2D eigenvalue weighted by molar-refractivity contribution is 5.82. The van der Waals surface area contributed by atoms with Crippen LogP contribution in [0, 0.1) is 5.41 Å². The van der Waals surface area contributed by atoms with Crippen molar-refractivity contribution in [2.45, 2.75) is 58.3 Å². The Bertz CT molecular complexity index is 525. The Balaban J connectivity index is 1.56. The molecule has 3 rings (SSSR count). The molecule has 2 heterocycles. The molecule has 0 radical (unpaired) electrons. The molecular weight excluding hydrogens is 268 g/mol. The average Bonchev–Trinajstić information content (AvgIpc) is 2.93. The first kappa shape index (κ1) is 14.5. The van der Waals surface area contributed by atoms with Gasteiger partial charge in [-0.25, -0.2) is 4.98 Å². The summed E-state index contributed by atoms with van der Waals surface area (Å²) < 4.78 is 5.71. The van der Waals surface area contributed by atoms with Gasteiger partial charge >= 0.3 is 0 Å². The fourth-order valence-corrected chi connectivity index (χ4v) is 3.24. The van der Waals surface area contributed by atoms with Gasteiger partial charge in [-0.3, -0.25) is 10.1 Å². The van der Waals surface area contributed by atoms with Crippen molar-refractivity contribution in [3.63, 3.8) is 0 Å². The van der Waals surface area contributed by atoms with Crippen molar-refractivity contribution in [1.29, 1.82) is 0 Å². The Labute approximate surface area is 125 Å². The second kappa shape index (κ2) is 5.42. The molecule has 6 heteroatoms. The maximum atomic E-state index is 12.4. The van der Waals surface area contributed by atoms with Crippen molar-refractivity contribution in [3.8, 4) is 0 Å². The summed E-state index contributed by atoms with van der Waals surface area (Å²) in [6, 6.07) is -0.00771. The van der Waals surface area contributed by atoms with Crippen LogP contribution in [0.15, 0.2) is 6.33 Å². The van der Waals surface area contributed by atoms with Crippen LogP contribution < -0.4 is 10.6 Å². The third-order valence-electron chi connectivity index (χ3n) is 4.91. The number of hydrogen-bond acceptors (Lipinski definition) is 4. The number of hydrogen-bond donors (Lipinski definition) is 3. The molecule has 1 saturated carbocycles. The van der Waals surface area contributed by atoms with Crippen molar-refractivity contribution < 1.29 is 9.53 Å². The molecule has 21 heavy (non-hydrogen) atoms. The number of imidazole rings is 1. The Hall–Kier alpha value is -1.40. The van der Waals surface area contributed by atoms with Gasteiger partial charge in [-0.15, -0.1) is 0 Å². The number of H-pyrrole nitrogens is 1. The average molecular weight is 292 g/mol. The second-order valence-electron chi connectivity index (χ2n) is 6.53. The van der Waals surface area contributed by atoms with Gasteiger partial charge < -0.3 is 15.0 Å². The number of amides is 1. The van der Waals surface area contributed by atoms with Crippen LogP contribution >= 0.6 is 0 Å². The van der Waals surface area contributed by atoms with Gasteiger partial charge in [-0.2, -0.15) is 0 Å². The van der Waals surface area contributed by atoms with Crippen LogP contribution in [0.3, 0.4) is 0 Å². The number of ether oxygens (including phenoxy) is 1. The topological polar surface area (TPSA) is 79.0 Å². The van der Waals surface area contributed by atoms with Crippen molar-refractivity contribution in [2.24, 2.45) is 5.41 Å². The summed E-state index contributed by atoms with van der Waals surface area (Å²) in [6.45, 7) is 7.71. The zero-order valence-electron chi connectivity index (χ0n) is 12.9. The minimum Gasteiger partial charge on any atom is -0.378 e. The van der Waals surface area contributed by atoms with Crippen LogP contribution in [0.1, 0.15) is 38.6 Å². The quantitative estimate of drug-likeness (QED) is 0.765. The first-order chi connectivity index (χ1) is 10.0.